The van der Waals surface area contributed by atoms with Crippen molar-refractivity contribution in [3.05, 3.63) is 34.4 Å². The highest BCUT2D eigenvalue weighted by Gasteiger charge is 2.03. The maximum atomic E-state index is 10.4. The summed E-state index contributed by atoms with van der Waals surface area (Å²) in [7, 11) is 0. The van der Waals surface area contributed by atoms with Crippen LogP contribution in [0.15, 0.2) is 24.3 Å². The molecular weight excluding hydrogens is 182 g/mol. The van der Waals surface area contributed by atoms with Crippen molar-refractivity contribution in [2.45, 2.75) is 13.0 Å². The van der Waals surface area contributed by atoms with Gasteiger partial charge in [0.25, 0.3) is 5.69 Å². The van der Waals surface area contributed by atoms with Gasteiger partial charge in [-0.2, -0.15) is 0 Å². The van der Waals surface area contributed by atoms with Gasteiger partial charge in [-0.25, -0.2) is 0 Å². The molecule has 1 rings (SSSR count). The number of benzene rings is 1. The summed E-state index contributed by atoms with van der Waals surface area (Å²) in [6.07, 6.45) is 0. The largest absolute Gasteiger partial charge is 0.379 e. The average Bonchev–Trinajstić information content (AvgIpc) is 2.15. The summed E-state index contributed by atoms with van der Waals surface area (Å²) in [6, 6.07) is 6.66. The van der Waals surface area contributed by atoms with Crippen LogP contribution in [-0.4, -0.2) is 17.5 Å². The molecule has 1 atom stereocenters. The second-order valence-corrected chi connectivity index (χ2v) is 3.29. The van der Waals surface area contributed by atoms with E-state index in [4.69, 9.17) is 0 Å². The number of rotatable bonds is 4. The van der Waals surface area contributed by atoms with Crippen molar-refractivity contribution in [1.29, 1.82) is 0 Å². The lowest BCUT2D eigenvalue weighted by Crippen LogP contribution is -2.62. The molecule has 0 saturated carbocycles. The number of quaternary nitrogens is 1. The second kappa shape index (κ2) is 4.57. The van der Waals surface area contributed by atoms with Gasteiger partial charge in [0.15, 0.2) is 0 Å². The normalized spacial score (nSPS) is 12.1. The minimum atomic E-state index is -0.409. The van der Waals surface area contributed by atoms with Gasteiger partial charge in [-0.1, -0.05) is 0 Å². The molecule has 5 heteroatoms. The lowest BCUT2D eigenvalue weighted by molar-refractivity contribution is -0.409. The van der Waals surface area contributed by atoms with E-state index in [1.807, 2.05) is 6.92 Å². The van der Waals surface area contributed by atoms with Gasteiger partial charge in [0.05, 0.1) is 17.5 Å². The van der Waals surface area contributed by atoms with Crippen LogP contribution in [-0.2, 0) is 0 Å². The summed E-state index contributed by atoms with van der Waals surface area (Å²) in [6.45, 7) is 2.76. The lowest BCUT2D eigenvalue weighted by Gasteiger charge is -2.06. The molecule has 0 bridgehead atoms. The molecule has 0 radical (unpaired) electrons. The van der Waals surface area contributed by atoms with E-state index in [2.05, 4.69) is 11.1 Å². The molecule has 0 aromatic heterocycles. The number of nitrogens with one attached hydrogen (secondary N) is 1. The molecule has 1 aromatic rings. The van der Waals surface area contributed by atoms with Crippen molar-refractivity contribution < 1.29 is 10.7 Å². The molecule has 1 unspecified atom stereocenters. The third kappa shape index (κ3) is 3.02. The first-order chi connectivity index (χ1) is 6.59. The van der Waals surface area contributed by atoms with Gasteiger partial charge in [-0.15, -0.1) is 0 Å². The average molecular weight is 196 g/mol. The molecule has 0 amide bonds. The van der Waals surface area contributed by atoms with Crippen molar-refractivity contribution in [3.8, 4) is 0 Å². The van der Waals surface area contributed by atoms with Crippen LogP contribution < -0.4 is 11.1 Å². The highest BCUT2D eigenvalue weighted by atomic mass is 16.6. The van der Waals surface area contributed by atoms with E-state index in [1.54, 1.807) is 12.1 Å². The predicted octanol–water partition coefficient (Wildman–Crippen LogP) is 0.637. The summed E-state index contributed by atoms with van der Waals surface area (Å²) in [5, 5.41) is 13.5. The van der Waals surface area contributed by atoms with Crippen molar-refractivity contribution >= 4 is 11.4 Å². The number of hydrogen-bond donors (Lipinski definition) is 2. The molecule has 76 valence electrons. The summed E-state index contributed by atoms with van der Waals surface area (Å²) in [5.41, 5.74) is 4.82. The summed E-state index contributed by atoms with van der Waals surface area (Å²) in [5.74, 6) is 0. The molecule has 0 spiro atoms. The minimum Gasteiger partial charge on any atom is -0.379 e. The summed E-state index contributed by atoms with van der Waals surface area (Å²) >= 11 is 0. The zero-order chi connectivity index (χ0) is 10.6. The van der Waals surface area contributed by atoms with Gasteiger partial charge in [-0.05, 0) is 19.1 Å². The number of nitrogens with zero attached hydrogens (tertiary/aromatic N) is 1. The minimum absolute atomic E-state index is 0.109. The molecule has 14 heavy (non-hydrogen) atoms. The molecule has 0 aliphatic rings. The van der Waals surface area contributed by atoms with E-state index in [-0.39, 0.29) is 5.69 Å². The predicted molar refractivity (Wildman–Crippen MR) is 53.9 cm³/mol. The lowest BCUT2D eigenvalue weighted by atomic mass is 10.2. The van der Waals surface area contributed by atoms with Crippen LogP contribution in [0.4, 0.5) is 11.4 Å². The van der Waals surface area contributed by atoms with Crippen molar-refractivity contribution in [1.82, 2.24) is 0 Å². The van der Waals surface area contributed by atoms with Gasteiger partial charge in [0.2, 0.25) is 0 Å². The van der Waals surface area contributed by atoms with E-state index in [0.29, 0.717) is 6.04 Å². The molecule has 5 nitrogen and oxygen atoms in total. The van der Waals surface area contributed by atoms with E-state index in [0.717, 1.165) is 12.2 Å². The third-order valence-electron chi connectivity index (χ3n) is 1.73. The zero-order valence-electron chi connectivity index (χ0n) is 8.06. The molecule has 1 aromatic carbocycles. The monoisotopic (exact) mass is 196 g/mol. The molecular formula is C9H14N3O2+. The van der Waals surface area contributed by atoms with Gasteiger partial charge < -0.3 is 11.1 Å². The molecule has 4 N–H and O–H groups in total. The van der Waals surface area contributed by atoms with Crippen LogP contribution in [0.1, 0.15) is 6.92 Å². The first-order valence-electron chi connectivity index (χ1n) is 4.41. The number of anilines is 1. The highest BCUT2D eigenvalue weighted by molar-refractivity contribution is 5.48. The number of hydrogen-bond acceptors (Lipinski definition) is 3. The quantitative estimate of drug-likeness (QED) is 0.547. The number of nitro groups is 1. The van der Waals surface area contributed by atoms with Crippen molar-refractivity contribution in [2.75, 3.05) is 11.9 Å². The molecule has 0 heterocycles. The second-order valence-electron chi connectivity index (χ2n) is 3.29. The maximum Gasteiger partial charge on any atom is 0.269 e. The van der Waals surface area contributed by atoms with Crippen LogP contribution >= 0.6 is 0 Å². The molecule has 0 saturated heterocycles. The van der Waals surface area contributed by atoms with Crippen molar-refractivity contribution in [3.63, 3.8) is 0 Å². The fraction of sp³-hybridized carbons (Fsp3) is 0.333. The van der Waals surface area contributed by atoms with E-state index in [9.17, 15) is 10.1 Å². The van der Waals surface area contributed by atoms with Crippen LogP contribution in [0.25, 0.3) is 0 Å². The summed E-state index contributed by atoms with van der Waals surface area (Å²) in [4.78, 5) is 9.94. The Morgan fingerprint density at radius 2 is 2.07 bits per heavy atom. The Labute approximate surface area is 82.1 Å². The molecule has 0 fully saturated rings. The number of non-ortho nitro benzene ring substituents is 1. The maximum absolute atomic E-state index is 10.4. The Balaban J connectivity index is 2.60. The van der Waals surface area contributed by atoms with Gasteiger partial charge in [0, 0.05) is 17.8 Å². The van der Waals surface area contributed by atoms with Crippen LogP contribution in [0.5, 0.6) is 0 Å². The van der Waals surface area contributed by atoms with Crippen LogP contribution in [0, 0.1) is 10.1 Å². The van der Waals surface area contributed by atoms with Crippen molar-refractivity contribution in [2.24, 2.45) is 0 Å². The van der Waals surface area contributed by atoms with Crippen LogP contribution in [0.2, 0.25) is 0 Å². The first kappa shape index (κ1) is 10.5. The molecule has 0 aliphatic heterocycles. The Morgan fingerprint density at radius 3 is 2.50 bits per heavy atom. The Morgan fingerprint density at radius 1 is 1.50 bits per heavy atom. The Kier molecular flexibility index (Phi) is 3.41. The van der Waals surface area contributed by atoms with Gasteiger partial charge in [0.1, 0.15) is 0 Å². The van der Waals surface area contributed by atoms with E-state index >= 15 is 0 Å². The van der Waals surface area contributed by atoms with E-state index in [1.165, 1.54) is 12.1 Å². The Hall–Kier alpha value is -1.62. The van der Waals surface area contributed by atoms with Crippen LogP contribution in [0.3, 0.4) is 0 Å². The smallest absolute Gasteiger partial charge is 0.269 e. The zero-order valence-corrected chi connectivity index (χ0v) is 8.06. The fourth-order valence-corrected chi connectivity index (χ4v) is 0.993. The highest BCUT2D eigenvalue weighted by Crippen LogP contribution is 2.14. The first-order valence-corrected chi connectivity index (χ1v) is 4.41. The fourth-order valence-electron chi connectivity index (χ4n) is 0.993. The standard InChI is InChI=1S/C9H13N3O2/c1-7(10)6-11-8-2-4-9(5-3-8)12(13)14/h2-5,7,11H,6,10H2,1H3/p+1. The topological polar surface area (TPSA) is 82.8 Å². The van der Waals surface area contributed by atoms with Gasteiger partial charge in [-0.3, -0.25) is 10.1 Å². The SMILES string of the molecule is CC([NH3+])CNc1ccc([N+](=O)[O-])cc1. The van der Waals surface area contributed by atoms with Gasteiger partial charge >= 0.3 is 0 Å². The molecule has 0 aliphatic carbocycles. The van der Waals surface area contributed by atoms with E-state index < -0.39 is 4.92 Å². The third-order valence-corrected chi connectivity index (χ3v) is 1.73. The summed E-state index contributed by atoms with van der Waals surface area (Å²) < 4.78 is 0. The Bertz CT molecular complexity index is 308. The number of nitro benzene ring substituents is 1.